The van der Waals surface area contributed by atoms with Crippen molar-refractivity contribution >= 4 is 17.9 Å². The number of nitrogens with zero attached hydrogens (tertiary/aromatic N) is 1. The summed E-state index contributed by atoms with van der Waals surface area (Å²) in [6, 6.07) is 7.98. The molecule has 1 amide bonds. The molecule has 0 heterocycles. The van der Waals surface area contributed by atoms with Crippen LogP contribution in [-0.2, 0) is 6.54 Å². The van der Waals surface area contributed by atoms with Gasteiger partial charge in [0.15, 0.2) is 0 Å². The summed E-state index contributed by atoms with van der Waals surface area (Å²) >= 11 is 1.66. The number of hydrogen-bond donors (Lipinski definition) is 1. The van der Waals surface area contributed by atoms with E-state index in [0.29, 0.717) is 6.54 Å². The average molecular weight is 253 g/mol. The highest BCUT2D eigenvalue weighted by molar-refractivity contribution is 7.98. The standard InChI is InChI=1S/C13H19NO2S/c1-13(2,3)14(12(15)16)9-10-6-5-7-11(8-10)17-4/h5-8H,9H2,1-4H3,(H,15,16). The highest BCUT2D eigenvalue weighted by Gasteiger charge is 2.25. The summed E-state index contributed by atoms with van der Waals surface area (Å²) in [5.74, 6) is 0. The number of thioether (sulfide) groups is 1. The number of carboxylic acid groups (broad SMARTS) is 1. The first-order valence-corrected chi connectivity index (χ1v) is 6.70. The molecule has 0 spiro atoms. The zero-order valence-electron chi connectivity index (χ0n) is 10.7. The van der Waals surface area contributed by atoms with E-state index in [1.165, 1.54) is 4.90 Å². The Bertz CT molecular complexity index is 399. The molecule has 0 saturated carbocycles. The number of amides is 1. The first kappa shape index (κ1) is 13.9. The minimum absolute atomic E-state index is 0.388. The summed E-state index contributed by atoms with van der Waals surface area (Å²) in [5.41, 5.74) is 0.635. The van der Waals surface area contributed by atoms with Crippen molar-refractivity contribution in [1.29, 1.82) is 0 Å². The van der Waals surface area contributed by atoms with Crippen LogP contribution in [0.2, 0.25) is 0 Å². The molecule has 4 heteroatoms. The summed E-state index contributed by atoms with van der Waals surface area (Å²) in [6.45, 7) is 6.13. The molecule has 17 heavy (non-hydrogen) atoms. The van der Waals surface area contributed by atoms with Crippen molar-refractivity contribution in [2.24, 2.45) is 0 Å². The van der Waals surface area contributed by atoms with Gasteiger partial charge in [-0.25, -0.2) is 4.79 Å². The molecule has 0 radical (unpaired) electrons. The number of hydrogen-bond acceptors (Lipinski definition) is 2. The predicted octanol–water partition coefficient (Wildman–Crippen LogP) is 3.69. The fraction of sp³-hybridized carbons (Fsp3) is 0.462. The maximum atomic E-state index is 11.2. The van der Waals surface area contributed by atoms with E-state index < -0.39 is 6.09 Å². The molecule has 0 aliphatic heterocycles. The second-order valence-corrected chi connectivity index (χ2v) is 5.77. The lowest BCUT2D eigenvalue weighted by Crippen LogP contribution is -2.44. The van der Waals surface area contributed by atoms with Gasteiger partial charge in [0.1, 0.15) is 0 Å². The minimum atomic E-state index is -0.882. The SMILES string of the molecule is CSc1cccc(CN(C(=O)O)C(C)(C)C)c1. The van der Waals surface area contributed by atoms with Crippen molar-refractivity contribution in [3.63, 3.8) is 0 Å². The van der Waals surface area contributed by atoms with Gasteiger partial charge in [-0.05, 0) is 44.7 Å². The topological polar surface area (TPSA) is 40.5 Å². The molecule has 0 aliphatic carbocycles. The molecule has 1 aromatic carbocycles. The van der Waals surface area contributed by atoms with Crippen molar-refractivity contribution in [3.8, 4) is 0 Å². The van der Waals surface area contributed by atoms with E-state index in [4.69, 9.17) is 0 Å². The molecule has 1 aromatic rings. The monoisotopic (exact) mass is 253 g/mol. The smallest absolute Gasteiger partial charge is 0.408 e. The van der Waals surface area contributed by atoms with Gasteiger partial charge in [-0.15, -0.1) is 11.8 Å². The van der Waals surface area contributed by atoms with Crippen LogP contribution in [0.25, 0.3) is 0 Å². The van der Waals surface area contributed by atoms with Crippen LogP contribution in [0, 0.1) is 0 Å². The molecule has 0 bridgehead atoms. The van der Waals surface area contributed by atoms with Crippen molar-refractivity contribution in [3.05, 3.63) is 29.8 Å². The second-order valence-electron chi connectivity index (χ2n) is 4.89. The highest BCUT2D eigenvalue weighted by Crippen LogP contribution is 2.21. The largest absolute Gasteiger partial charge is 0.465 e. The Hall–Kier alpha value is -1.16. The fourth-order valence-electron chi connectivity index (χ4n) is 1.55. The van der Waals surface area contributed by atoms with Crippen molar-refractivity contribution in [2.75, 3.05) is 6.26 Å². The Morgan fingerprint density at radius 3 is 2.53 bits per heavy atom. The molecule has 0 unspecified atom stereocenters. The third-order valence-corrected chi connectivity index (χ3v) is 3.24. The van der Waals surface area contributed by atoms with Gasteiger partial charge >= 0.3 is 6.09 Å². The van der Waals surface area contributed by atoms with E-state index in [1.54, 1.807) is 11.8 Å². The van der Waals surface area contributed by atoms with Crippen molar-refractivity contribution in [1.82, 2.24) is 4.90 Å². The van der Waals surface area contributed by atoms with Gasteiger partial charge in [0.2, 0.25) is 0 Å². The van der Waals surface area contributed by atoms with E-state index >= 15 is 0 Å². The summed E-state index contributed by atoms with van der Waals surface area (Å²) in [6.07, 6.45) is 1.13. The van der Waals surface area contributed by atoms with Gasteiger partial charge in [-0.1, -0.05) is 12.1 Å². The van der Waals surface area contributed by atoms with Crippen molar-refractivity contribution < 1.29 is 9.90 Å². The zero-order valence-corrected chi connectivity index (χ0v) is 11.5. The van der Waals surface area contributed by atoms with Gasteiger partial charge in [-0.2, -0.15) is 0 Å². The quantitative estimate of drug-likeness (QED) is 0.835. The Labute approximate surface area is 107 Å². The molecule has 94 valence electrons. The molecule has 1 N–H and O–H groups in total. The maximum Gasteiger partial charge on any atom is 0.408 e. The van der Waals surface area contributed by atoms with Gasteiger partial charge in [-0.3, -0.25) is 4.90 Å². The number of carbonyl (C=O) groups is 1. The van der Waals surface area contributed by atoms with E-state index in [2.05, 4.69) is 0 Å². The molecular weight excluding hydrogens is 234 g/mol. The van der Waals surface area contributed by atoms with Gasteiger partial charge in [0.05, 0.1) is 0 Å². The average Bonchev–Trinajstić information content (AvgIpc) is 2.24. The Balaban J connectivity index is 2.90. The predicted molar refractivity (Wildman–Crippen MR) is 71.5 cm³/mol. The first-order chi connectivity index (χ1) is 7.84. The molecule has 3 nitrogen and oxygen atoms in total. The Kier molecular flexibility index (Phi) is 4.46. The fourth-order valence-corrected chi connectivity index (χ4v) is 2.03. The Morgan fingerprint density at radius 2 is 2.06 bits per heavy atom. The number of rotatable bonds is 3. The van der Waals surface area contributed by atoms with E-state index in [1.807, 2.05) is 51.3 Å². The van der Waals surface area contributed by atoms with Crippen LogP contribution < -0.4 is 0 Å². The number of benzene rings is 1. The second kappa shape index (κ2) is 5.45. The summed E-state index contributed by atoms with van der Waals surface area (Å²) < 4.78 is 0. The van der Waals surface area contributed by atoms with Crippen LogP contribution in [0.1, 0.15) is 26.3 Å². The third-order valence-electron chi connectivity index (χ3n) is 2.52. The summed E-state index contributed by atoms with van der Waals surface area (Å²) in [7, 11) is 0. The van der Waals surface area contributed by atoms with Gasteiger partial charge in [0.25, 0.3) is 0 Å². The van der Waals surface area contributed by atoms with Crippen LogP contribution in [0.4, 0.5) is 4.79 Å². The van der Waals surface area contributed by atoms with Crippen LogP contribution in [0.15, 0.2) is 29.2 Å². The summed E-state index contributed by atoms with van der Waals surface area (Å²) in [5, 5.41) is 9.22. The zero-order chi connectivity index (χ0) is 13.1. The molecule has 0 aliphatic rings. The van der Waals surface area contributed by atoms with Crippen molar-refractivity contribution in [2.45, 2.75) is 37.8 Å². The molecule has 1 rings (SSSR count). The molecule has 0 fully saturated rings. The lowest BCUT2D eigenvalue weighted by Gasteiger charge is -2.33. The molecule has 0 atom stereocenters. The third kappa shape index (κ3) is 3.97. The maximum absolute atomic E-state index is 11.2. The first-order valence-electron chi connectivity index (χ1n) is 5.48. The van der Waals surface area contributed by atoms with E-state index in [9.17, 15) is 9.90 Å². The van der Waals surface area contributed by atoms with Gasteiger partial charge in [0, 0.05) is 17.0 Å². The Morgan fingerprint density at radius 1 is 1.41 bits per heavy atom. The van der Waals surface area contributed by atoms with Crippen LogP contribution in [0.3, 0.4) is 0 Å². The molecular formula is C13H19NO2S. The molecule has 0 aromatic heterocycles. The normalized spacial score (nSPS) is 11.3. The van der Waals surface area contributed by atoms with Crippen LogP contribution in [0.5, 0.6) is 0 Å². The van der Waals surface area contributed by atoms with E-state index in [0.717, 1.165) is 10.5 Å². The molecule has 0 saturated heterocycles. The van der Waals surface area contributed by atoms with Gasteiger partial charge < -0.3 is 5.11 Å². The highest BCUT2D eigenvalue weighted by atomic mass is 32.2. The van der Waals surface area contributed by atoms with Crippen LogP contribution >= 0.6 is 11.8 Å². The van der Waals surface area contributed by atoms with E-state index in [-0.39, 0.29) is 5.54 Å². The lowest BCUT2D eigenvalue weighted by molar-refractivity contribution is 0.0955. The summed E-state index contributed by atoms with van der Waals surface area (Å²) in [4.78, 5) is 13.8. The van der Waals surface area contributed by atoms with Crippen LogP contribution in [-0.4, -0.2) is 27.9 Å². The minimum Gasteiger partial charge on any atom is -0.465 e. The lowest BCUT2D eigenvalue weighted by atomic mass is 10.1.